The fourth-order valence-electron chi connectivity index (χ4n) is 4.02. The topological polar surface area (TPSA) is 89.7 Å². The van der Waals surface area contributed by atoms with E-state index in [2.05, 4.69) is 11.8 Å². The van der Waals surface area contributed by atoms with Crippen LogP contribution in [0.5, 0.6) is 5.75 Å². The Morgan fingerprint density at radius 2 is 1.74 bits per heavy atom. The standard InChI is InChI=1S/C28H19ClF6N2O4S/c29-23-8-3-7-22(28(33,34)35)21(23)12-10-17-11-13-25-24(14-17)37(16-19(41-25)5-2-9-26(36)38)42(39,40)20-6-1-4-18(15-20)27(30,31)32/h1,3-4,6-8,10-15,19H,9,16H2,(H2,36,38)/b12-10+. The van der Waals surface area contributed by atoms with Crippen molar-refractivity contribution in [3.8, 4) is 17.6 Å². The van der Waals surface area contributed by atoms with E-state index in [1.807, 2.05) is 0 Å². The van der Waals surface area contributed by atoms with Crippen molar-refractivity contribution in [2.75, 3.05) is 10.8 Å². The van der Waals surface area contributed by atoms with Crippen LogP contribution in [-0.4, -0.2) is 27.0 Å². The molecule has 0 aliphatic carbocycles. The van der Waals surface area contributed by atoms with E-state index in [9.17, 15) is 39.6 Å². The fraction of sp³-hybridized carbons (Fsp3) is 0.179. The molecule has 2 N–H and O–H groups in total. The number of carbonyl (C=O) groups excluding carboxylic acids is 1. The van der Waals surface area contributed by atoms with Gasteiger partial charge in [0.15, 0.2) is 6.10 Å². The lowest BCUT2D eigenvalue weighted by molar-refractivity contribution is -0.138. The molecule has 0 bridgehead atoms. The Kier molecular flexibility index (Phi) is 8.52. The number of hydrogen-bond acceptors (Lipinski definition) is 4. The normalized spacial score (nSPS) is 15.5. The number of carbonyl (C=O) groups is 1. The molecule has 1 amide bonds. The molecule has 0 aromatic heterocycles. The number of benzene rings is 3. The second kappa shape index (κ2) is 11.6. The zero-order valence-corrected chi connectivity index (χ0v) is 22.7. The predicted molar refractivity (Wildman–Crippen MR) is 144 cm³/mol. The number of sulfonamides is 1. The lowest BCUT2D eigenvalue weighted by Crippen LogP contribution is -2.43. The molecule has 1 aliphatic heterocycles. The Labute approximate surface area is 241 Å². The van der Waals surface area contributed by atoms with Crippen molar-refractivity contribution in [2.45, 2.75) is 29.8 Å². The molecule has 3 aromatic carbocycles. The molecule has 0 saturated heterocycles. The van der Waals surface area contributed by atoms with E-state index in [1.165, 1.54) is 30.3 Å². The summed E-state index contributed by atoms with van der Waals surface area (Å²) in [6.45, 7) is -0.479. The van der Waals surface area contributed by atoms with Crippen LogP contribution in [0.25, 0.3) is 12.2 Å². The van der Waals surface area contributed by atoms with Crippen LogP contribution in [0.4, 0.5) is 32.0 Å². The van der Waals surface area contributed by atoms with Gasteiger partial charge in [0.2, 0.25) is 5.91 Å². The zero-order chi connectivity index (χ0) is 30.9. The molecular formula is C28H19ClF6N2O4S. The van der Waals surface area contributed by atoms with Crippen LogP contribution < -0.4 is 14.8 Å². The summed E-state index contributed by atoms with van der Waals surface area (Å²) < 4.78 is 114. The summed E-state index contributed by atoms with van der Waals surface area (Å²) >= 11 is 6.01. The maximum Gasteiger partial charge on any atom is 0.417 e. The molecule has 14 heteroatoms. The van der Waals surface area contributed by atoms with Crippen molar-refractivity contribution in [3.05, 3.63) is 87.9 Å². The van der Waals surface area contributed by atoms with E-state index < -0.39 is 57.0 Å². The van der Waals surface area contributed by atoms with Crippen molar-refractivity contribution in [1.29, 1.82) is 0 Å². The van der Waals surface area contributed by atoms with Crippen LogP contribution in [-0.2, 0) is 27.2 Å². The highest BCUT2D eigenvalue weighted by atomic mass is 35.5. The Morgan fingerprint density at radius 1 is 1.02 bits per heavy atom. The molecule has 0 radical (unpaired) electrons. The predicted octanol–water partition coefficient (Wildman–Crippen LogP) is 6.38. The van der Waals surface area contributed by atoms with Crippen molar-refractivity contribution in [1.82, 2.24) is 0 Å². The summed E-state index contributed by atoms with van der Waals surface area (Å²) in [5.41, 5.74) is 2.71. The molecule has 220 valence electrons. The van der Waals surface area contributed by atoms with Gasteiger partial charge in [-0.15, -0.1) is 0 Å². The number of nitrogens with two attached hydrogens (primary N) is 1. The molecule has 1 aliphatic rings. The summed E-state index contributed by atoms with van der Waals surface area (Å²) in [5, 5.41) is -0.173. The van der Waals surface area contributed by atoms with Crippen molar-refractivity contribution >= 4 is 45.4 Å². The summed E-state index contributed by atoms with van der Waals surface area (Å²) in [6.07, 6.45) is -8.61. The number of rotatable bonds is 5. The van der Waals surface area contributed by atoms with Crippen molar-refractivity contribution in [2.24, 2.45) is 5.73 Å². The molecule has 0 saturated carbocycles. The van der Waals surface area contributed by atoms with Crippen molar-refractivity contribution in [3.63, 3.8) is 0 Å². The summed E-state index contributed by atoms with van der Waals surface area (Å²) in [7, 11) is -4.65. The number of halogens is 7. The van der Waals surface area contributed by atoms with E-state index in [-0.39, 0.29) is 34.0 Å². The quantitative estimate of drug-likeness (QED) is 0.202. The minimum Gasteiger partial charge on any atom is -0.474 e. The highest BCUT2D eigenvalue weighted by Gasteiger charge is 2.37. The highest BCUT2D eigenvalue weighted by molar-refractivity contribution is 7.92. The number of nitrogens with zero attached hydrogens (tertiary/aromatic N) is 1. The van der Waals surface area contributed by atoms with Gasteiger partial charge in [-0.2, -0.15) is 26.3 Å². The van der Waals surface area contributed by atoms with Crippen LogP contribution in [0.2, 0.25) is 5.02 Å². The van der Waals surface area contributed by atoms with Crippen molar-refractivity contribution < 1.29 is 44.3 Å². The van der Waals surface area contributed by atoms with Crippen LogP contribution >= 0.6 is 11.6 Å². The van der Waals surface area contributed by atoms with Crippen LogP contribution in [0.15, 0.2) is 65.6 Å². The SMILES string of the molecule is NC(=O)CC#CC1CN(S(=O)(=O)c2cccc(C(F)(F)F)c2)c2cc(/C=C/c3c(Cl)cccc3C(F)(F)F)ccc2O1. The van der Waals surface area contributed by atoms with Gasteiger partial charge in [-0.25, -0.2) is 8.42 Å². The number of amides is 1. The first-order valence-electron chi connectivity index (χ1n) is 11.9. The first kappa shape index (κ1) is 30.8. The molecular weight excluding hydrogens is 610 g/mol. The number of hydrogen-bond donors (Lipinski definition) is 1. The largest absolute Gasteiger partial charge is 0.474 e. The Bertz CT molecular complexity index is 1730. The third kappa shape index (κ3) is 6.83. The molecule has 0 fully saturated rings. The smallest absolute Gasteiger partial charge is 0.417 e. The lowest BCUT2D eigenvalue weighted by Gasteiger charge is -2.34. The van der Waals surface area contributed by atoms with Gasteiger partial charge in [-0.1, -0.05) is 53.8 Å². The second-order valence-electron chi connectivity index (χ2n) is 8.89. The second-order valence-corrected chi connectivity index (χ2v) is 11.2. The van der Waals surface area contributed by atoms with Crippen LogP contribution in [0, 0.1) is 11.8 Å². The third-order valence-electron chi connectivity index (χ3n) is 5.93. The molecule has 42 heavy (non-hydrogen) atoms. The van der Waals surface area contributed by atoms with Gasteiger partial charge in [0.05, 0.1) is 34.7 Å². The average molecular weight is 629 g/mol. The van der Waals surface area contributed by atoms with Gasteiger partial charge in [-0.3, -0.25) is 9.10 Å². The van der Waals surface area contributed by atoms with Crippen LogP contribution in [0.3, 0.4) is 0 Å². The lowest BCUT2D eigenvalue weighted by atomic mass is 10.0. The molecule has 0 spiro atoms. The number of primary amides is 1. The molecule has 4 rings (SSSR count). The van der Waals surface area contributed by atoms with Gasteiger partial charge >= 0.3 is 12.4 Å². The number of anilines is 1. The number of fused-ring (bicyclic) bond motifs is 1. The van der Waals surface area contributed by atoms with Gasteiger partial charge in [-0.05, 0) is 48.0 Å². The Hall–Kier alpha value is -4.15. The van der Waals surface area contributed by atoms with Gasteiger partial charge in [0, 0.05) is 10.6 Å². The maximum atomic E-state index is 13.7. The van der Waals surface area contributed by atoms with E-state index in [0.29, 0.717) is 6.07 Å². The van der Waals surface area contributed by atoms with E-state index in [1.54, 1.807) is 0 Å². The molecule has 1 atom stereocenters. The van der Waals surface area contributed by atoms with E-state index in [0.717, 1.165) is 40.7 Å². The average Bonchev–Trinajstić information content (AvgIpc) is 2.90. The highest BCUT2D eigenvalue weighted by Crippen LogP contribution is 2.40. The summed E-state index contributed by atoms with van der Waals surface area (Å²) in [5.74, 6) is 4.27. The summed E-state index contributed by atoms with van der Waals surface area (Å²) in [6, 6.07) is 10.5. The zero-order valence-electron chi connectivity index (χ0n) is 21.1. The fourth-order valence-corrected chi connectivity index (χ4v) is 5.77. The van der Waals surface area contributed by atoms with Gasteiger partial charge in [0.1, 0.15) is 5.75 Å². The van der Waals surface area contributed by atoms with Crippen LogP contribution in [0.1, 0.15) is 28.7 Å². The third-order valence-corrected chi connectivity index (χ3v) is 8.03. The molecule has 1 heterocycles. The minimum absolute atomic E-state index is 0.0268. The number of alkyl halides is 6. The first-order chi connectivity index (χ1) is 19.6. The molecule has 1 unspecified atom stereocenters. The first-order valence-corrected chi connectivity index (χ1v) is 13.7. The van der Waals surface area contributed by atoms with Gasteiger partial charge < -0.3 is 10.5 Å². The summed E-state index contributed by atoms with van der Waals surface area (Å²) in [4.78, 5) is 10.4. The monoisotopic (exact) mass is 628 g/mol. The molecule has 6 nitrogen and oxygen atoms in total. The van der Waals surface area contributed by atoms with E-state index >= 15 is 0 Å². The number of ether oxygens (including phenoxy) is 1. The Morgan fingerprint density at radius 3 is 2.40 bits per heavy atom. The van der Waals surface area contributed by atoms with E-state index in [4.69, 9.17) is 22.1 Å². The Balaban J connectivity index is 1.80. The maximum absolute atomic E-state index is 13.7. The van der Waals surface area contributed by atoms with Gasteiger partial charge in [0.25, 0.3) is 10.0 Å². The minimum atomic E-state index is -4.82. The molecule has 3 aromatic rings.